The molecule has 0 atom stereocenters. The number of hydrogen-bond donors (Lipinski definition) is 2. The molecule has 0 saturated carbocycles. The molecule has 0 radical (unpaired) electrons. The standard InChI is InChI=1S/C14H8F7NOS/c15-11-4-2-8(6-10(11)14(19,20)21)24-22-7-1-3-9(12(23)5-7)13(16,17)18/h1-6,22-23H. The maximum Gasteiger partial charge on any atom is 0.419 e. The van der Waals surface area contributed by atoms with Gasteiger partial charge in [-0.2, -0.15) is 26.3 Å². The van der Waals surface area contributed by atoms with Crippen molar-refractivity contribution in [2.75, 3.05) is 4.72 Å². The molecule has 0 aliphatic rings. The first kappa shape index (κ1) is 18.2. The molecule has 0 saturated heterocycles. The van der Waals surface area contributed by atoms with Crippen LogP contribution in [0.3, 0.4) is 0 Å². The Morgan fingerprint density at radius 1 is 0.833 bits per heavy atom. The summed E-state index contributed by atoms with van der Waals surface area (Å²) in [5.74, 6) is -2.46. The predicted molar refractivity (Wildman–Crippen MR) is 74.0 cm³/mol. The molecule has 2 nitrogen and oxygen atoms in total. The second kappa shape index (κ2) is 6.42. The molecular formula is C14H8F7NOS. The van der Waals surface area contributed by atoms with Crippen LogP contribution in [0.15, 0.2) is 41.3 Å². The molecule has 2 rings (SSSR count). The molecule has 0 amide bonds. The lowest BCUT2D eigenvalue weighted by atomic mass is 10.2. The van der Waals surface area contributed by atoms with E-state index in [1.807, 2.05) is 0 Å². The molecule has 2 aromatic carbocycles. The Hall–Kier alpha value is -2.10. The normalized spacial score (nSPS) is 12.3. The fourth-order valence-corrected chi connectivity index (χ4v) is 2.41. The van der Waals surface area contributed by atoms with Gasteiger partial charge in [0.1, 0.15) is 11.6 Å². The van der Waals surface area contributed by atoms with Crippen LogP contribution in [0.1, 0.15) is 11.1 Å². The largest absolute Gasteiger partial charge is 0.507 e. The number of benzene rings is 2. The number of phenols is 1. The summed E-state index contributed by atoms with van der Waals surface area (Å²) < 4.78 is 90.9. The molecule has 0 bridgehead atoms. The number of halogens is 7. The Bertz CT molecular complexity index is 743. The van der Waals surface area contributed by atoms with E-state index in [0.717, 1.165) is 18.2 Å². The molecule has 0 spiro atoms. The molecule has 24 heavy (non-hydrogen) atoms. The van der Waals surface area contributed by atoms with E-state index in [1.54, 1.807) is 0 Å². The van der Waals surface area contributed by atoms with Crippen molar-refractivity contribution >= 4 is 17.6 Å². The summed E-state index contributed by atoms with van der Waals surface area (Å²) in [5.41, 5.74) is -2.66. The van der Waals surface area contributed by atoms with Gasteiger partial charge < -0.3 is 9.83 Å². The maximum atomic E-state index is 13.1. The molecule has 0 aliphatic carbocycles. The van der Waals surface area contributed by atoms with E-state index in [0.29, 0.717) is 30.1 Å². The summed E-state index contributed by atoms with van der Waals surface area (Å²) in [6.45, 7) is 0. The fraction of sp³-hybridized carbons (Fsp3) is 0.143. The van der Waals surface area contributed by atoms with Gasteiger partial charge in [-0.3, -0.25) is 0 Å². The average Bonchev–Trinajstić information content (AvgIpc) is 2.44. The van der Waals surface area contributed by atoms with Crippen molar-refractivity contribution in [1.29, 1.82) is 0 Å². The van der Waals surface area contributed by atoms with E-state index in [9.17, 15) is 35.8 Å². The Morgan fingerprint density at radius 3 is 2.00 bits per heavy atom. The summed E-state index contributed by atoms with van der Waals surface area (Å²) >= 11 is 0.626. The van der Waals surface area contributed by atoms with E-state index < -0.39 is 35.0 Å². The second-order valence-electron chi connectivity index (χ2n) is 4.57. The van der Waals surface area contributed by atoms with E-state index in [1.165, 1.54) is 0 Å². The second-order valence-corrected chi connectivity index (χ2v) is 5.45. The average molecular weight is 371 g/mol. The third-order valence-corrected chi connectivity index (χ3v) is 3.66. The van der Waals surface area contributed by atoms with E-state index >= 15 is 0 Å². The van der Waals surface area contributed by atoms with Crippen LogP contribution in [0.25, 0.3) is 0 Å². The van der Waals surface area contributed by atoms with E-state index in [4.69, 9.17) is 0 Å². The van der Waals surface area contributed by atoms with Gasteiger partial charge in [0.05, 0.1) is 11.1 Å². The molecule has 130 valence electrons. The highest BCUT2D eigenvalue weighted by Gasteiger charge is 2.35. The number of alkyl halides is 6. The first-order valence-corrected chi connectivity index (χ1v) is 7.00. The monoisotopic (exact) mass is 371 g/mol. The van der Waals surface area contributed by atoms with Crippen LogP contribution in [-0.4, -0.2) is 5.11 Å². The van der Waals surface area contributed by atoms with Gasteiger partial charge in [-0.05, 0) is 42.3 Å². The third-order valence-electron chi connectivity index (χ3n) is 2.83. The molecule has 2 N–H and O–H groups in total. The third kappa shape index (κ3) is 4.25. The Labute approximate surface area is 135 Å². The fourth-order valence-electron chi connectivity index (χ4n) is 1.74. The molecule has 2 aromatic rings. The smallest absolute Gasteiger partial charge is 0.419 e. The van der Waals surface area contributed by atoms with Gasteiger partial charge in [0.15, 0.2) is 0 Å². The highest BCUT2D eigenvalue weighted by Crippen LogP contribution is 2.38. The summed E-state index contributed by atoms with van der Waals surface area (Å²) in [6.07, 6.45) is -9.60. The minimum absolute atomic E-state index is 0.0110. The molecule has 0 fully saturated rings. The number of aromatic hydroxyl groups is 1. The van der Waals surface area contributed by atoms with Crippen LogP contribution in [0.2, 0.25) is 0 Å². The molecule has 10 heteroatoms. The lowest BCUT2D eigenvalue weighted by Gasteiger charge is -2.12. The van der Waals surface area contributed by atoms with Crippen molar-refractivity contribution in [2.24, 2.45) is 0 Å². The number of nitrogens with one attached hydrogen (secondary N) is 1. The quantitative estimate of drug-likeness (QED) is 0.537. The van der Waals surface area contributed by atoms with Crippen molar-refractivity contribution in [1.82, 2.24) is 0 Å². The summed E-state index contributed by atoms with van der Waals surface area (Å²) in [4.78, 5) is -0.0110. The maximum absolute atomic E-state index is 13.1. The number of phenolic OH excluding ortho intramolecular Hbond substituents is 1. The van der Waals surface area contributed by atoms with Crippen LogP contribution in [0.5, 0.6) is 5.75 Å². The first-order chi connectivity index (χ1) is 11.0. The highest BCUT2D eigenvalue weighted by atomic mass is 32.2. The zero-order chi connectivity index (χ0) is 18.1. The zero-order valence-corrected chi connectivity index (χ0v) is 12.3. The van der Waals surface area contributed by atoms with Gasteiger partial charge in [0.2, 0.25) is 0 Å². The van der Waals surface area contributed by atoms with Gasteiger partial charge in [-0.15, -0.1) is 0 Å². The van der Waals surface area contributed by atoms with Gasteiger partial charge in [0.25, 0.3) is 0 Å². The molecular weight excluding hydrogens is 363 g/mol. The van der Waals surface area contributed by atoms with Crippen LogP contribution < -0.4 is 4.72 Å². The van der Waals surface area contributed by atoms with Gasteiger partial charge in [-0.1, -0.05) is 0 Å². The topological polar surface area (TPSA) is 32.3 Å². The molecule has 0 aromatic heterocycles. The summed E-state index contributed by atoms with van der Waals surface area (Å²) in [7, 11) is 0. The summed E-state index contributed by atoms with van der Waals surface area (Å²) in [6, 6.07) is 4.69. The molecule has 0 heterocycles. The van der Waals surface area contributed by atoms with Crippen LogP contribution >= 0.6 is 11.9 Å². The number of anilines is 1. The molecule has 0 aliphatic heterocycles. The number of rotatable bonds is 3. The van der Waals surface area contributed by atoms with E-state index in [2.05, 4.69) is 4.72 Å². The van der Waals surface area contributed by atoms with Gasteiger partial charge in [0, 0.05) is 16.6 Å². The van der Waals surface area contributed by atoms with Crippen molar-refractivity contribution in [3.05, 3.63) is 53.3 Å². The number of hydrogen-bond acceptors (Lipinski definition) is 3. The Morgan fingerprint density at radius 2 is 1.46 bits per heavy atom. The lowest BCUT2D eigenvalue weighted by Crippen LogP contribution is -2.08. The lowest BCUT2D eigenvalue weighted by molar-refractivity contribution is -0.140. The van der Waals surface area contributed by atoms with Gasteiger partial charge in [-0.25, -0.2) is 4.39 Å². The Kier molecular flexibility index (Phi) is 4.88. The minimum atomic E-state index is -4.87. The van der Waals surface area contributed by atoms with Crippen LogP contribution in [-0.2, 0) is 12.4 Å². The van der Waals surface area contributed by atoms with Gasteiger partial charge >= 0.3 is 12.4 Å². The predicted octanol–water partition coefficient (Wildman–Crippen LogP) is 5.69. The van der Waals surface area contributed by atoms with Crippen molar-refractivity contribution in [3.63, 3.8) is 0 Å². The SMILES string of the molecule is Oc1cc(NSc2ccc(F)c(C(F)(F)F)c2)ccc1C(F)(F)F. The highest BCUT2D eigenvalue weighted by molar-refractivity contribution is 8.00. The Balaban J connectivity index is 2.16. The minimum Gasteiger partial charge on any atom is -0.507 e. The van der Waals surface area contributed by atoms with Crippen molar-refractivity contribution in [2.45, 2.75) is 17.2 Å². The van der Waals surface area contributed by atoms with Crippen molar-refractivity contribution < 1.29 is 35.8 Å². The molecule has 0 unspecified atom stereocenters. The van der Waals surface area contributed by atoms with Crippen LogP contribution in [0, 0.1) is 5.82 Å². The van der Waals surface area contributed by atoms with Crippen LogP contribution in [0.4, 0.5) is 36.4 Å². The van der Waals surface area contributed by atoms with Crippen molar-refractivity contribution in [3.8, 4) is 5.75 Å². The zero-order valence-electron chi connectivity index (χ0n) is 11.5. The first-order valence-electron chi connectivity index (χ1n) is 6.18. The van der Waals surface area contributed by atoms with E-state index in [-0.39, 0.29) is 10.6 Å². The summed E-state index contributed by atoms with van der Waals surface area (Å²) in [5, 5.41) is 9.34.